The minimum atomic E-state index is 0.282. The van der Waals surface area contributed by atoms with Crippen LogP contribution in [0.1, 0.15) is 19.8 Å². The van der Waals surface area contributed by atoms with Crippen LogP contribution >= 0.6 is 0 Å². The summed E-state index contributed by atoms with van der Waals surface area (Å²) in [6, 6.07) is 0.344. The molecule has 0 aromatic carbocycles. The van der Waals surface area contributed by atoms with Gasteiger partial charge in [-0.1, -0.05) is 23.8 Å². The molecule has 0 saturated carbocycles. The first-order valence-corrected chi connectivity index (χ1v) is 4.39. The van der Waals surface area contributed by atoms with Crippen molar-refractivity contribution in [2.45, 2.75) is 25.8 Å². The van der Waals surface area contributed by atoms with Gasteiger partial charge in [0.15, 0.2) is 0 Å². The Morgan fingerprint density at radius 1 is 1.50 bits per heavy atom. The molecule has 0 saturated heterocycles. The second kappa shape index (κ2) is 2.77. The number of carbonyl (C=O) groups excluding carboxylic acids is 1. The summed E-state index contributed by atoms with van der Waals surface area (Å²) in [5.41, 5.74) is 1.22. The molecule has 0 aromatic rings. The maximum atomic E-state index is 11.5. The molecule has 2 aliphatic rings. The van der Waals surface area contributed by atoms with Crippen LogP contribution in [0.5, 0.6) is 0 Å². The van der Waals surface area contributed by atoms with Gasteiger partial charge in [-0.25, -0.2) is 0 Å². The Labute approximate surface area is 72.6 Å². The van der Waals surface area contributed by atoms with Gasteiger partial charge in [-0.3, -0.25) is 4.79 Å². The second-order valence-corrected chi connectivity index (χ2v) is 3.51. The lowest BCUT2D eigenvalue weighted by Gasteiger charge is -2.34. The quantitative estimate of drug-likeness (QED) is 0.495. The maximum Gasteiger partial charge on any atom is 0.227 e. The second-order valence-electron chi connectivity index (χ2n) is 3.51. The SMILES string of the molecule is CC1=CC2CC=CCN2C(=O)C1. The third-order valence-electron chi connectivity index (χ3n) is 2.47. The van der Waals surface area contributed by atoms with Crippen molar-refractivity contribution in [2.75, 3.05) is 6.54 Å². The largest absolute Gasteiger partial charge is 0.332 e. The van der Waals surface area contributed by atoms with Crippen LogP contribution in [-0.2, 0) is 4.79 Å². The van der Waals surface area contributed by atoms with Crippen molar-refractivity contribution in [1.29, 1.82) is 0 Å². The van der Waals surface area contributed by atoms with Crippen molar-refractivity contribution < 1.29 is 4.79 Å². The lowest BCUT2D eigenvalue weighted by molar-refractivity contribution is -0.132. The normalized spacial score (nSPS) is 28.4. The maximum absolute atomic E-state index is 11.5. The van der Waals surface area contributed by atoms with Crippen LogP contribution < -0.4 is 0 Å². The summed E-state index contributed by atoms with van der Waals surface area (Å²) >= 11 is 0. The van der Waals surface area contributed by atoms with E-state index in [0.717, 1.165) is 13.0 Å². The molecule has 2 rings (SSSR count). The molecule has 2 heteroatoms. The van der Waals surface area contributed by atoms with E-state index in [-0.39, 0.29) is 5.91 Å². The number of nitrogens with zero attached hydrogens (tertiary/aromatic N) is 1. The van der Waals surface area contributed by atoms with E-state index in [2.05, 4.69) is 18.2 Å². The highest BCUT2D eigenvalue weighted by atomic mass is 16.2. The number of hydrogen-bond acceptors (Lipinski definition) is 1. The van der Waals surface area contributed by atoms with Crippen molar-refractivity contribution in [3.63, 3.8) is 0 Å². The monoisotopic (exact) mass is 163 g/mol. The number of amides is 1. The Morgan fingerprint density at radius 2 is 2.33 bits per heavy atom. The Kier molecular flexibility index (Phi) is 1.75. The highest BCUT2D eigenvalue weighted by Gasteiger charge is 2.26. The van der Waals surface area contributed by atoms with E-state index >= 15 is 0 Å². The Balaban J connectivity index is 2.26. The van der Waals surface area contributed by atoms with Gasteiger partial charge >= 0.3 is 0 Å². The van der Waals surface area contributed by atoms with Gasteiger partial charge in [0.25, 0.3) is 0 Å². The van der Waals surface area contributed by atoms with Gasteiger partial charge in [-0.05, 0) is 13.3 Å². The van der Waals surface area contributed by atoms with Gasteiger partial charge in [-0.2, -0.15) is 0 Å². The topological polar surface area (TPSA) is 20.3 Å². The summed E-state index contributed by atoms with van der Waals surface area (Å²) in [5, 5.41) is 0. The van der Waals surface area contributed by atoms with E-state index in [0.29, 0.717) is 12.5 Å². The zero-order chi connectivity index (χ0) is 8.55. The van der Waals surface area contributed by atoms with E-state index in [9.17, 15) is 4.79 Å². The average Bonchev–Trinajstić information content (AvgIpc) is 2.04. The fourth-order valence-electron chi connectivity index (χ4n) is 1.86. The van der Waals surface area contributed by atoms with Crippen molar-refractivity contribution >= 4 is 5.91 Å². The molecule has 64 valence electrons. The van der Waals surface area contributed by atoms with Gasteiger partial charge in [0.05, 0.1) is 6.04 Å². The highest BCUT2D eigenvalue weighted by Crippen LogP contribution is 2.22. The summed E-state index contributed by atoms with van der Waals surface area (Å²) in [4.78, 5) is 13.4. The smallest absolute Gasteiger partial charge is 0.227 e. The predicted molar refractivity (Wildman–Crippen MR) is 47.6 cm³/mol. The average molecular weight is 163 g/mol. The first-order valence-electron chi connectivity index (χ1n) is 4.39. The summed E-state index contributed by atoms with van der Waals surface area (Å²) in [5.74, 6) is 0.282. The molecule has 0 bridgehead atoms. The van der Waals surface area contributed by atoms with Crippen LogP contribution in [0.2, 0.25) is 0 Å². The van der Waals surface area contributed by atoms with E-state index in [1.807, 2.05) is 11.8 Å². The standard InChI is InChI=1S/C10H13NO/c1-8-6-9-4-2-3-5-11(9)10(12)7-8/h2-3,6,9H,4-5,7H2,1H3. The van der Waals surface area contributed by atoms with Gasteiger partial charge in [-0.15, -0.1) is 0 Å². The molecule has 0 N–H and O–H groups in total. The van der Waals surface area contributed by atoms with Gasteiger partial charge < -0.3 is 4.90 Å². The molecule has 1 amide bonds. The molecule has 0 aliphatic carbocycles. The Morgan fingerprint density at radius 3 is 3.17 bits per heavy atom. The summed E-state index contributed by atoms with van der Waals surface area (Å²) in [6.45, 7) is 2.83. The fraction of sp³-hybridized carbons (Fsp3) is 0.500. The van der Waals surface area contributed by atoms with Crippen LogP contribution in [0.4, 0.5) is 0 Å². The Hall–Kier alpha value is -1.05. The first-order chi connectivity index (χ1) is 5.77. The lowest BCUT2D eigenvalue weighted by atomic mass is 9.98. The zero-order valence-corrected chi connectivity index (χ0v) is 7.29. The van der Waals surface area contributed by atoms with Gasteiger partial charge in [0.2, 0.25) is 5.91 Å². The van der Waals surface area contributed by atoms with E-state index in [4.69, 9.17) is 0 Å². The molecule has 0 fully saturated rings. The van der Waals surface area contributed by atoms with E-state index in [1.165, 1.54) is 5.57 Å². The molecule has 2 nitrogen and oxygen atoms in total. The van der Waals surface area contributed by atoms with Crippen LogP contribution in [0, 0.1) is 0 Å². The minimum absolute atomic E-state index is 0.282. The Bertz CT molecular complexity index is 265. The molecule has 0 radical (unpaired) electrons. The van der Waals surface area contributed by atoms with E-state index in [1.54, 1.807) is 0 Å². The number of rotatable bonds is 0. The predicted octanol–water partition coefficient (Wildman–Crippen LogP) is 1.49. The van der Waals surface area contributed by atoms with E-state index < -0.39 is 0 Å². The minimum Gasteiger partial charge on any atom is -0.332 e. The highest BCUT2D eigenvalue weighted by molar-refractivity contribution is 5.81. The van der Waals surface area contributed by atoms with Gasteiger partial charge in [0.1, 0.15) is 0 Å². The fourth-order valence-corrected chi connectivity index (χ4v) is 1.86. The number of hydrogen-bond donors (Lipinski definition) is 0. The zero-order valence-electron chi connectivity index (χ0n) is 7.29. The molecule has 0 spiro atoms. The lowest BCUT2D eigenvalue weighted by Crippen LogP contribution is -2.43. The van der Waals surface area contributed by atoms with Crippen molar-refractivity contribution in [1.82, 2.24) is 4.90 Å². The molecule has 2 aliphatic heterocycles. The first kappa shape index (κ1) is 7.59. The van der Waals surface area contributed by atoms with Crippen molar-refractivity contribution in [2.24, 2.45) is 0 Å². The number of carbonyl (C=O) groups is 1. The van der Waals surface area contributed by atoms with Gasteiger partial charge in [0, 0.05) is 13.0 Å². The molecule has 12 heavy (non-hydrogen) atoms. The summed E-state index contributed by atoms with van der Waals surface area (Å²) < 4.78 is 0. The van der Waals surface area contributed by atoms with Crippen molar-refractivity contribution in [3.8, 4) is 0 Å². The molecule has 1 atom stereocenters. The third-order valence-corrected chi connectivity index (χ3v) is 2.47. The molecule has 0 aromatic heterocycles. The summed E-state index contributed by atoms with van der Waals surface area (Å²) in [7, 11) is 0. The molecular weight excluding hydrogens is 150 g/mol. The third kappa shape index (κ3) is 1.17. The van der Waals surface area contributed by atoms with Crippen molar-refractivity contribution in [3.05, 3.63) is 23.8 Å². The van der Waals surface area contributed by atoms with Crippen LogP contribution in [0.15, 0.2) is 23.8 Å². The van der Waals surface area contributed by atoms with Crippen LogP contribution in [0.3, 0.4) is 0 Å². The molecule has 1 unspecified atom stereocenters. The van der Waals surface area contributed by atoms with Crippen LogP contribution in [-0.4, -0.2) is 23.4 Å². The molecular formula is C10H13NO. The summed E-state index contributed by atoms with van der Waals surface area (Å²) in [6.07, 6.45) is 8.05. The van der Waals surface area contributed by atoms with Crippen LogP contribution in [0.25, 0.3) is 0 Å². The number of fused-ring (bicyclic) bond motifs is 1. The molecule has 2 heterocycles.